The molecule has 1 amide bonds. The minimum atomic E-state index is -1.05. The van der Waals surface area contributed by atoms with Crippen LogP contribution in [0.15, 0.2) is 18.2 Å². The number of carboxylic acid groups (broad SMARTS) is 1. The summed E-state index contributed by atoms with van der Waals surface area (Å²) >= 11 is 0. The van der Waals surface area contributed by atoms with Gasteiger partial charge in [0, 0.05) is 17.7 Å². The number of aromatic carboxylic acids is 1. The standard InChI is InChI=1S/C14H17NO4/c1-19-12-8-10(6-7-11(12)14(17)18)15-13(16)9-4-2-3-5-9/h6-9H,2-5H2,1H3,(H,15,16)(H,17,18). The van der Waals surface area contributed by atoms with Crippen molar-refractivity contribution in [2.45, 2.75) is 25.7 Å². The summed E-state index contributed by atoms with van der Waals surface area (Å²) in [5.74, 6) is -0.727. The summed E-state index contributed by atoms with van der Waals surface area (Å²) in [7, 11) is 1.41. The van der Waals surface area contributed by atoms with Crippen molar-refractivity contribution in [1.29, 1.82) is 0 Å². The number of amides is 1. The number of carbonyl (C=O) groups excluding carboxylic acids is 1. The van der Waals surface area contributed by atoms with Crippen LogP contribution in [0.4, 0.5) is 5.69 Å². The molecule has 19 heavy (non-hydrogen) atoms. The minimum Gasteiger partial charge on any atom is -0.496 e. The molecule has 0 heterocycles. The Morgan fingerprint density at radius 2 is 2.00 bits per heavy atom. The van der Waals surface area contributed by atoms with Gasteiger partial charge < -0.3 is 15.2 Å². The molecule has 0 saturated heterocycles. The van der Waals surface area contributed by atoms with Crippen LogP contribution in [0, 0.1) is 5.92 Å². The largest absolute Gasteiger partial charge is 0.496 e. The second-order valence-electron chi connectivity index (χ2n) is 4.69. The van der Waals surface area contributed by atoms with E-state index in [4.69, 9.17) is 9.84 Å². The topological polar surface area (TPSA) is 75.6 Å². The monoisotopic (exact) mass is 263 g/mol. The number of anilines is 1. The number of hydrogen-bond acceptors (Lipinski definition) is 3. The Hall–Kier alpha value is -2.04. The third kappa shape index (κ3) is 3.05. The number of carbonyl (C=O) groups is 2. The first kappa shape index (κ1) is 13.4. The van der Waals surface area contributed by atoms with Crippen LogP contribution < -0.4 is 10.1 Å². The van der Waals surface area contributed by atoms with Crippen LogP contribution >= 0.6 is 0 Å². The van der Waals surface area contributed by atoms with Crippen LogP contribution in [0.25, 0.3) is 0 Å². The second kappa shape index (κ2) is 5.73. The Labute approximate surface area is 111 Å². The predicted octanol–water partition coefficient (Wildman–Crippen LogP) is 2.52. The maximum atomic E-state index is 12.0. The van der Waals surface area contributed by atoms with E-state index in [9.17, 15) is 9.59 Å². The van der Waals surface area contributed by atoms with Gasteiger partial charge in [-0.1, -0.05) is 12.8 Å². The van der Waals surface area contributed by atoms with Crippen molar-refractivity contribution < 1.29 is 19.4 Å². The molecule has 0 atom stereocenters. The molecule has 5 nitrogen and oxygen atoms in total. The van der Waals surface area contributed by atoms with Gasteiger partial charge in [-0.15, -0.1) is 0 Å². The van der Waals surface area contributed by atoms with E-state index in [0.29, 0.717) is 5.69 Å². The molecule has 1 aromatic carbocycles. The van der Waals surface area contributed by atoms with Crippen LogP contribution in [0.2, 0.25) is 0 Å². The smallest absolute Gasteiger partial charge is 0.339 e. The fourth-order valence-electron chi connectivity index (χ4n) is 2.38. The molecule has 0 unspecified atom stereocenters. The highest BCUT2D eigenvalue weighted by molar-refractivity contribution is 5.95. The third-order valence-electron chi connectivity index (χ3n) is 3.43. The van der Waals surface area contributed by atoms with Gasteiger partial charge in [-0.25, -0.2) is 4.79 Å². The predicted molar refractivity (Wildman–Crippen MR) is 70.5 cm³/mol. The zero-order chi connectivity index (χ0) is 13.8. The van der Waals surface area contributed by atoms with Crippen molar-refractivity contribution in [2.24, 2.45) is 5.92 Å². The van der Waals surface area contributed by atoms with E-state index in [1.54, 1.807) is 6.07 Å². The van der Waals surface area contributed by atoms with Crippen molar-refractivity contribution >= 4 is 17.6 Å². The first-order chi connectivity index (χ1) is 9.11. The van der Waals surface area contributed by atoms with Crippen LogP contribution in [0.3, 0.4) is 0 Å². The average Bonchev–Trinajstić information content (AvgIpc) is 2.92. The van der Waals surface area contributed by atoms with Crippen LogP contribution in [-0.2, 0) is 4.79 Å². The number of ether oxygens (including phenoxy) is 1. The van der Waals surface area contributed by atoms with Crippen LogP contribution in [0.1, 0.15) is 36.0 Å². The fourth-order valence-corrected chi connectivity index (χ4v) is 2.38. The molecule has 0 spiro atoms. The molecule has 2 rings (SSSR count). The molecule has 1 aliphatic carbocycles. The number of nitrogens with one attached hydrogen (secondary N) is 1. The molecule has 0 aliphatic heterocycles. The molecule has 0 aromatic heterocycles. The summed E-state index contributed by atoms with van der Waals surface area (Å²) in [6, 6.07) is 4.56. The van der Waals surface area contributed by atoms with E-state index < -0.39 is 5.97 Å². The molecule has 1 fully saturated rings. The third-order valence-corrected chi connectivity index (χ3v) is 3.43. The number of carboxylic acids is 1. The number of rotatable bonds is 4. The lowest BCUT2D eigenvalue weighted by molar-refractivity contribution is -0.119. The van der Waals surface area contributed by atoms with E-state index >= 15 is 0 Å². The Morgan fingerprint density at radius 3 is 2.58 bits per heavy atom. The van der Waals surface area contributed by atoms with E-state index in [-0.39, 0.29) is 23.1 Å². The molecule has 1 saturated carbocycles. The van der Waals surface area contributed by atoms with E-state index in [1.807, 2.05) is 0 Å². The summed E-state index contributed by atoms with van der Waals surface area (Å²) in [4.78, 5) is 22.9. The SMILES string of the molecule is COc1cc(NC(=O)C2CCCC2)ccc1C(=O)O. The highest BCUT2D eigenvalue weighted by atomic mass is 16.5. The van der Waals surface area contributed by atoms with Gasteiger partial charge in [0.1, 0.15) is 11.3 Å². The van der Waals surface area contributed by atoms with E-state index in [2.05, 4.69) is 5.32 Å². The van der Waals surface area contributed by atoms with Crippen molar-refractivity contribution in [3.05, 3.63) is 23.8 Å². The maximum absolute atomic E-state index is 12.0. The van der Waals surface area contributed by atoms with Gasteiger partial charge in [-0.05, 0) is 25.0 Å². The van der Waals surface area contributed by atoms with Gasteiger partial charge in [0.15, 0.2) is 0 Å². The normalized spacial score (nSPS) is 15.2. The van der Waals surface area contributed by atoms with Gasteiger partial charge in [-0.2, -0.15) is 0 Å². The molecule has 0 bridgehead atoms. The number of hydrogen-bond donors (Lipinski definition) is 2. The Morgan fingerprint density at radius 1 is 1.32 bits per heavy atom. The zero-order valence-corrected chi connectivity index (χ0v) is 10.8. The molecule has 1 aromatic rings. The Kier molecular flexibility index (Phi) is 4.04. The molecular weight excluding hydrogens is 246 g/mol. The van der Waals surface area contributed by atoms with Crippen LogP contribution in [0.5, 0.6) is 5.75 Å². The molecule has 5 heteroatoms. The minimum absolute atomic E-state index is 0.00243. The highest BCUT2D eigenvalue weighted by Gasteiger charge is 2.23. The van der Waals surface area contributed by atoms with Gasteiger partial charge in [0.05, 0.1) is 7.11 Å². The quantitative estimate of drug-likeness (QED) is 0.875. The summed E-state index contributed by atoms with van der Waals surface area (Å²) < 4.78 is 5.02. The average molecular weight is 263 g/mol. The van der Waals surface area contributed by atoms with E-state index in [0.717, 1.165) is 25.7 Å². The first-order valence-corrected chi connectivity index (χ1v) is 6.34. The molecule has 2 N–H and O–H groups in total. The molecule has 0 radical (unpaired) electrons. The Balaban J connectivity index is 2.12. The second-order valence-corrected chi connectivity index (χ2v) is 4.69. The summed E-state index contributed by atoms with van der Waals surface area (Å²) in [6.07, 6.45) is 4.05. The molecular formula is C14H17NO4. The maximum Gasteiger partial charge on any atom is 0.339 e. The molecule has 102 valence electrons. The molecule has 1 aliphatic rings. The van der Waals surface area contributed by atoms with Gasteiger partial charge in [0.25, 0.3) is 0 Å². The van der Waals surface area contributed by atoms with Crippen molar-refractivity contribution in [3.8, 4) is 5.75 Å². The zero-order valence-electron chi connectivity index (χ0n) is 10.8. The van der Waals surface area contributed by atoms with Gasteiger partial charge in [0.2, 0.25) is 5.91 Å². The lowest BCUT2D eigenvalue weighted by Gasteiger charge is -2.12. The first-order valence-electron chi connectivity index (χ1n) is 6.34. The summed E-state index contributed by atoms with van der Waals surface area (Å²) in [6.45, 7) is 0. The van der Waals surface area contributed by atoms with Gasteiger partial charge in [-0.3, -0.25) is 4.79 Å². The number of methoxy groups -OCH3 is 1. The summed E-state index contributed by atoms with van der Waals surface area (Å²) in [5, 5.41) is 11.8. The lowest BCUT2D eigenvalue weighted by atomic mass is 10.1. The summed E-state index contributed by atoms with van der Waals surface area (Å²) in [5.41, 5.74) is 0.653. The fraction of sp³-hybridized carbons (Fsp3) is 0.429. The van der Waals surface area contributed by atoms with Crippen molar-refractivity contribution in [2.75, 3.05) is 12.4 Å². The Bertz CT molecular complexity index is 492. The van der Waals surface area contributed by atoms with Crippen LogP contribution in [-0.4, -0.2) is 24.1 Å². The van der Waals surface area contributed by atoms with Crippen molar-refractivity contribution in [3.63, 3.8) is 0 Å². The van der Waals surface area contributed by atoms with E-state index in [1.165, 1.54) is 19.2 Å². The van der Waals surface area contributed by atoms with Crippen molar-refractivity contribution in [1.82, 2.24) is 0 Å². The lowest BCUT2D eigenvalue weighted by Crippen LogP contribution is -2.20. The van der Waals surface area contributed by atoms with Gasteiger partial charge >= 0.3 is 5.97 Å². The highest BCUT2D eigenvalue weighted by Crippen LogP contribution is 2.27. The number of benzene rings is 1.